The number of halogens is 1. The summed E-state index contributed by atoms with van der Waals surface area (Å²) in [7, 11) is 3.25. The molecule has 0 atom stereocenters. The highest BCUT2D eigenvalue weighted by atomic mass is 19.1. The molecule has 1 aliphatic rings. The number of hydrogen-bond donors (Lipinski definition) is 1. The molecule has 1 aliphatic heterocycles. The van der Waals surface area contributed by atoms with Crippen molar-refractivity contribution in [2.45, 2.75) is 19.5 Å². The average Bonchev–Trinajstić information content (AvgIpc) is 2.75. The Kier molecular flexibility index (Phi) is 5.57. The topological polar surface area (TPSA) is 59.5 Å². The Morgan fingerprint density at radius 2 is 1.93 bits per heavy atom. The molecule has 0 spiro atoms. The van der Waals surface area contributed by atoms with Crippen LogP contribution >= 0.6 is 0 Å². The van der Waals surface area contributed by atoms with Crippen LogP contribution in [0.2, 0.25) is 0 Å². The van der Waals surface area contributed by atoms with Gasteiger partial charge in [0.05, 0.1) is 25.6 Å². The number of methoxy groups -OCH3 is 2. The van der Waals surface area contributed by atoms with E-state index in [1.54, 1.807) is 14.2 Å². The van der Waals surface area contributed by atoms with Crippen LogP contribution in [0.3, 0.4) is 0 Å². The third-order valence-corrected chi connectivity index (χ3v) is 4.99. The number of fused-ring (bicyclic) bond motifs is 1. The van der Waals surface area contributed by atoms with Gasteiger partial charge in [0.1, 0.15) is 17.3 Å². The van der Waals surface area contributed by atoms with Gasteiger partial charge in [-0.1, -0.05) is 12.1 Å². The Bertz CT molecular complexity index is 995. The summed E-state index contributed by atoms with van der Waals surface area (Å²) in [6.45, 7) is 2.44. The van der Waals surface area contributed by atoms with Crippen molar-refractivity contribution in [3.8, 4) is 11.5 Å². The first-order valence-corrected chi connectivity index (χ1v) is 9.45. The molecular formula is C22H23FN4O2. The van der Waals surface area contributed by atoms with Crippen molar-refractivity contribution < 1.29 is 13.9 Å². The lowest BCUT2D eigenvalue weighted by Crippen LogP contribution is -2.31. The summed E-state index contributed by atoms with van der Waals surface area (Å²) in [5, 5.41) is 3.23. The standard InChI is InChI=1S/C22H23FN4O2/c1-28-18-7-8-21(29-2)20(11-18)26-22-24-12-16-14-27(10-9-19(16)25-22)13-15-3-5-17(23)6-4-15/h3-8,11-12H,9-10,13-14H2,1-2H3,(H,24,25,26). The number of rotatable bonds is 6. The summed E-state index contributed by atoms with van der Waals surface area (Å²) in [6, 6.07) is 12.2. The maximum atomic E-state index is 13.1. The zero-order valence-electron chi connectivity index (χ0n) is 16.5. The lowest BCUT2D eigenvalue weighted by atomic mass is 10.1. The summed E-state index contributed by atoms with van der Waals surface area (Å²) in [5.41, 5.74) is 4.00. The lowest BCUT2D eigenvalue weighted by molar-refractivity contribution is 0.243. The molecule has 150 valence electrons. The summed E-state index contributed by atoms with van der Waals surface area (Å²) >= 11 is 0. The molecule has 2 heterocycles. The molecule has 2 aromatic carbocycles. The molecule has 4 rings (SSSR count). The minimum atomic E-state index is -0.209. The van der Waals surface area contributed by atoms with E-state index in [0.29, 0.717) is 11.7 Å². The summed E-state index contributed by atoms with van der Waals surface area (Å²) in [4.78, 5) is 11.5. The highest BCUT2D eigenvalue weighted by molar-refractivity contribution is 5.65. The van der Waals surface area contributed by atoms with Crippen LogP contribution in [-0.2, 0) is 19.5 Å². The Morgan fingerprint density at radius 1 is 1.10 bits per heavy atom. The van der Waals surface area contributed by atoms with Crippen LogP contribution in [0.5, 0.6) is 11.5 Å². The predicted molar refractivity (Wildman–Crippen MR) is 109 cm³/mol. The highest BCUT2D eigenvalue weighted by Crippen LogP contribution is 2.31. The zero-order chi connectivity index (χ0) is 20.2. The van der Waals surface area contributed by atoms with Gasteiger partial charge < -0.3 is 14.8 Å². The van der Waals surface area contributed by atoms with Crippen molar-refractivity contribution >= 4 is 11.6 Å². The van der Waals surface area contributed by atoms with Crippen molar-refractivity contribution in [3.05, 3.63) is 71.3 Å². The number of benzene rings is 2. The van der Waals surface area contributed by atoms with Gasteiger partial charge in [0, 0.05) is 43.9 Å². The first-order chi connectivity index (χ1) is 14.1. The van der Waals surface area contributed by atoms with Crippen molar-refractivity contribution in [1.29, 1.82) is 0 Å². The van der Waals surface area contributed by atoms with Crippen LogP contribution in [0.25, 0.3) is 0 Å². The molecule has 0 amide bonds. The zero-order valence-corrected chi connectivity index (χ0v) is 16.5. The van der Waals surface area contributed by atoms with Gasteiger partial charge in [0.15, 0.2) is 0 Å². The molecule has 6 nitrogen and oxygen atoms in total. The highest BCUT2D eigenvalue weighted by Gasteiger charge is 2.19. The van der Waals surface area contributed by atoms with Crippen LogP contribution < -0.4 is 14.8 Å². The van der Waals surface area contributed by atoms with E-state index >= 15 is 0 Å². The third kappa shape index (κ3) is 4.46. The average molecular weight is 394 g/mol. The normalized spacial score (nSPS) is 13.6. The minimum Gasteiger partial charge on any atom is -0.497 e. The second-order valence-electron chi connectivity index (χ2n) is 6.94. The monoisotopic (exact) mass is 394 g/mol. The SMILES string of the molecule is COc1ccc(OC)c(Nc2ncc3c(n2)CCN(Cc2ccc(F)cc2)C3)c1. The van der Waals surface area contributed by atoms with Gasteiger partial charge in [-0.05, 0) is 29.8 Å². The van der Waals surface area contributed by atoms with E-state index in [1.807, 2.05) is 36.5 Å². The molecule has 7 heteroatoms. The van der Waals surface area contributed by atoms with E-state index in [2.05, 4.69) is 15.2 Å². The second-order valence-corrected chi connectivity index (χ2v) is 6.94. The first kappa shape index (κ1) is 19.1. The fourth-order valence-electron chi connectivity index (χ4n) is 3.45. The molecule has 3 aromatic rings. The summed E-state index contributed by atoms with van der Waals surface area (Å²) in [6.07, 6.45) is 2.71. The van der Waals surface area contributed by atoms with Gasteiger partial charge in [0.25, 0.3) is 0 Å². The maximum absolute atomic E-state index is 13.1. The van der Waals surface area contributed by atoms with Crippen LogP contribution in [0.1, 0.15) is 16.8 Å². The first-order valence-electron chi connectivity index (χ1n) is 9.45. The van der Waals surface area contributed by atoms with Crippen molar-refractivity contribution in [1.82, 2.24) is 14.9 Å². The Balaban J connectivity index is 1.47. The maximum Gasteiger partial charge on any atom is 0.227 e. The second kappa shape index (κ2) is 8.45. The van der Waals surface area contributed by atoms with E-state index in [4.69, 9.17) is 14.5 Å². The lowest BCUT2D eigenvalue weighted by Gasteiger charge is -2.28. The van der Waals surface area contributed by atoms with Crippen LogP contribution in [0.15, 0.2) is 48.7 Å². The van der Waals surface area contributed by atoms with Crippen molar-refractivity contribution in [3.63, 3.8) is 0 Å². The largest absolute Gasteiger partial charge is 0.497 e. The molecule has 0 aliphatic carbocycles. The van der Waals surface area contributed by atoms with E-state index in [1.165, 1.54) is 12.1 Å². The molecule has 0 radical (unpaired) electrons. The quantitative estimate of drug-likeness (QED) is 0.684. The van der Waals surface area contributed by atoms with Gasteiger partial charge in [0.2, 0.25) is 5.95 Å². The number of nitrogens with zero attached hydrogens (tertiary/aromatic N) is 3. The van der Waals surface area contributed by atoms with Gasteiger partial charge in [-0.3, -0.25) is 4.90 Å². The van der Waals surface area contributed by atoms with Crippen LogP contribution in [0, 0.1) is 5.82 Å². The van der Waals surface area contributed by atoms with Gasteiger partial charge in [-0.2, -0.15) is 0 Å². The Morgan fingerprint density at radius 3 is 2.69 bits per heavy atom. The molecule has 0 fully saturated rings. The minimum absolute atomic E-state index is 0.209. The number of nitrogens with one attached hydrogen (secondary N) is 1. The third-order valence-electron chi connectivity index (χ3n) is 4.99. The molecule has 1 aromatic heterocycles. The van der Waals surface area contributed by atoms with Crippen molar-refractivity contribution in [2.24, 2.45) is 0 Å². The number of aromatic nitrogens is 2. The number of hydrogen-bond acceptors (Lipinski definition) is 6. The number of ether oxygens (including phenoxy) is 2. The molecule has 1 N–H and O–H groups in total. The summed E-state index contributed by atoms with van der Waals surface area (Å²) < 4.78 is 23.8. The van der Waals surface area contributed by atoms with Gasteiger partial charge in [-0.25, -0.2) is 14.4 Å². The summed E-state index contributed by atoms with van der Waals surface area (Å²) in [5.74, 6) is 1.74. The molecular weight excluding hydrogens is 371 g/mol. The van der Waals surface area contributed by atoms with Crippen LogP contribution in [-0.4, -0.2) is 35.6 Å². The molecule has 29 heavy (non-hydrogen) atoms. The van der Waals surface area contributed by atoms with E-state index in [-0.39, 0.29) is 5.82 Å². The molecule has 0 saturated heterocycles. The van der Waals surface area contributed by atoms with E-state index in [0.717, 1.165) is 54.3 Å². The fraction of sp³-hybridized carbons (Fsp3) is 0.273. The van der Waals surface area contributed by atoms with E-state index in [9.17, 15) is 4.39 Å². The Hall–Kier alpha value is -3.19. The predicted octanol–water partition coefficient (Wildman–Crippen LogP) is 3.93. The van der Waals surface area contributed by atoms with Crippen molar-refractivity contribution in [2.75, 3.05) is 26.1 Å². The molecule has 0 saturated carbocycles. The van der Waals surface area contributed by atoms with E-state index < -0.39 is 0 Å². The van der Waals surface area contributed by atoms with Gasteiger partial charge in [-0.15, -0.1) is 0 Å². The van der Waals surface area contributed by atoms with Gasteiger partial charge >= 0.3 is 0 Å². The Labute approximate surface area is 169 Å². The smallest absolute Gasteiger partial charge is 0.227 e. The fourth-order valence-corrected chi connectivity index (χ4v) is 3.45. The molecule has 0 bridgehead atoms. The van der Waals surface area contributed by atoms with Crippen LogP contribution in [0.4, 0.5) is 16.0 Å². The molecule has 0 unspecified atom stereocenters. The number of anilines is 2.